The third-order valence-electron chi connectivity index (χ3n) is 4.07. The van der Waals surface area contributed by atoms with Crippen LogP contribution in [0.25, 0.3) is 32.9 Å². The first-order chi connectivity index (χ1) is 12.3. The second-order valence-corrected chi connectivity index (χ2v) is 5.64. The van der Waals surface area contributed by atoms with Crippen LogP contribution in [0.5, 0.6) is 0 Å². The highest BCUT2D eigenvalue weighted by molar-refractivity contribution is 6.05. The van der Waals surface area contributed by atoms with E-state index in [2.05, 4.69) is 21.1 Å². The summed E-state index contributed by atoms with van der Waals surface area (Å²) in [6.07, 6.45) is 7.10. The van der Waals surface area contributed by atoms with Gasteiger partial charge in [0, 0.05) is 28.7 Å². The largest absolute Gasteiger partial charge is 0.465 e. The molecule has 4 aromatic rings. The van der Waals surface area contributed by atoms with Crippen LogP contribution in [-0.2, 0) is 16.1 Å². The van der Waals surface area contributed by atoms with Crippen molar-refractivity contribution in [2.24, 2.45) is 0 Å². The predicted molar refractivity (Wildman–Crippen MR) is 94.9 cm³/mol. The van der Waals surface area contributed by atoms with Crippen molar-refractivity contribution >= 4 is 27.8 Å². The molecule has 4 rings (SSSR count). The molecule has 0 fully saturated rings. The molecule has 124 valence electrons. The SMILES string of the molecule is CCOC(=O)Cn1ncc2c3cc(-c4cccnc4)ccc3ncc21. The van der Waals surface area contributed by atoms with Gasteiger partial charge in [0.15, 0.2) is 0 Å². The minimum atomic E-state index is -0.309. The number of rotatable bonds is 4. The van der Waals surface area contributed by atoms with Crippen LogP contribution in [0.15, 0.2) is 55.1 Å². The van der Waals surface area contributed by atoms with E-state index in [0.717, 1.165) is 32.9 Å². The second-order valence-electron chi connectivity index (χ2n) is 5.64. The van der Waals surface area contributed by atoms with Gasteiger partial charge in [0.1, 0.15) is 6.54 Å². The lowest BCUT2D eigenvalue weighted by Gasteiger charge is -2.06. The van der Waals surface area contributed by atoms with Gasteiger partial charge in [-0.25, -0.2) is 0 Å². The van der Waals surface area contributed by atoms with Gasteiger partial charge in [-0.2, -0.15) is 5.10 Å². The van der Waals surface area contributed by atoms with E-state index in [1.54, 1.807) is 30.2 Å². The van der Waals surface area contributed by atoms with Crippen LogP contribution in [0, 0.1) is 0 Å². The third-order valence-corrected chi connectivity index (χ3v) is 4.07. The lowest BCUT2D eigenvalue weighted by Crippen LogP contribution is -2.14. The topological polar surface area (TPSA) is 69.9 Å². The fourth-order valence-electron chi connectivity index (χ4n) is 2.90. The standard InChI is InChI=1S/C19H16N4O2/c1-2-25-19(24)12-23-18-11-21-17-6-5-13(14-4-3-7-20-9-14)8-15(17)16(18)10-22-23/h3-11H,2,12H2,1H3. The number of benzene rings is 1. The molecule has 0 atom stereocenters. The molecule has 0 saturated carbocycles. The van der Waals surface area contributed by atoms with Gasteiger partial charge in [0.05, 0.1) is 30.0 Å². The molecule has 6 heteroatoms. The van der Waals surface area contributed by atoms with Crippen molar-refractivity contribution in [3.05, 3.63) is 55.1 Å². The molecule has 3 heterocycles. The molecule has 0 N–H and O–H groups in total. The highest BCUT2D eigenvalue weighted by atomic mass is 16.5. The maximum atomic E-state index is 11.7. The summed E-state index contributed by atoms with van der Waals surface area (Å²) in [5, 5.41) is 6.29. The average molecular weight is 332 g/mol. The van der Waals surface area contributed by atoms with E-state index in [0.29, 0.717) is 6.61 Å². The maximum absolute atomic E-state index is 11.7. The molecule has 0 aliphatic heterocycles. The molecule has 0 amide bonds. The number of ether oxygens (including phenoxy) is 1. The molecule has 0 unspecified atom stereocenters. The van der Waals surface area contributed by atoms with Crippen LogP contribution in [-0.4, -0.2) is 32.3 Å². The molecule has 0 aliphatic carbocycles. The Kier molecular flexibility index (Phi) is 3.85. The number of aromatic nitrogens is 4. The number of fused-ring (bicyclic) bond motifs is 3. The van der Waals surface area contributed by atoms with Crippen molar-refractivity contribution in [1.82, 2.24) is 19.7 Å². The van der Waals surface area contributed by atoms with E-state index in [-0.39, 0.29) is 12.5 Å². The Labute approximate surface area is 144 Å². The number of carbonyl (C=O) groups is 1. The van der Waals surface area contributed by atoms with Crippen LogP contribution in [0.3, 0.4) is 0 Å². The zero-order valence-corrected chi connectivity index (χ0v) is 13.7. The Morgan fingerprint density at radius 3 is 2.84 bits per heavy atom. The molecule has 25 heavy (non-hydrogen) atoms. The van der Waals surface area contributed by atoms with Crippen molar-refractivity contribution in [2.75, 3.05) is 6.61 Å². The van der Waals surface area contributed by atoms with E-state index in [9.17, 15) is 4.79 Å². The van der Waals surface area contributed by atoms with Gasteiger partial charge in [-0.05, 0) is 30.7 Å². The van der Waals surface area contributed by atoms with E-state index in [4.69, 9.17) is 4.74 Å². The number of hydrogen-bond donors (Lipinski definition) is 0. The van der Waals surface area contributed by atoms with E-state index < -0.39 is 0 Å². The van der Waals surface area contributed by atoms with E-state index >= 15 is 0 Å². The Balaban J connectivity index is 1.82. The zero-order valence-electron chi connectivity index (χ0n) is 13.7. The van der Waals surface area contributed by atoms with E-state index in [1.165, 1.54) is 0 Å². The minimum Gasteiger partial charge on any atom is -0.465 e. The number of nitrogens with zero attached hydrogens (tertiary/aromatic N) is 4. The highest BCUT2D eigenvalue weighted by Gasteiger charge is 2.12. The number of esters is 1. The second kappa shape index (κ2) is 6.32. The Hall–Kier alpha value is -3.28. The van der Waals surface area contributed by atoms with Crippen LogP contribution >= 0.6 is 0 Å². The molecular formula is C19H16N4O2. The summed E-state index contributed by atoms with van der Waals surface area (Å²) in [5.41, 5.74) is 3.80. The normalized spacial score (nSPS) is 11.1. The number of hydrogen-bond acceptors (Lipinski definition) is 5. The molecule has 0 bridgehead atoms. The van der Waals surface area contributed by atoms with Gasteiger partial charge in [0.2, 0.25) is 0 Å². The molecule has 3 aromatic heterocycles. The lowest BCUT2D eigenvalue weighted by molar-refractivity contribution is -0.143. The summed E-state index contributed by atoms with van der Waals surface area (Å²) in [4.78, 5) is 20.4. The fraction of sp³-hybridized carbons (Fsp3) is 0.158. The van der Waals surface area contributed by atoms with Crippen LogP contribution < -0.4 is 0 Å². The van der Waals surface area contributed by atoms with Gasteiger partial charge in [0.25, 0.3) is 0 Å². The summed E-state index contributed by atoms with van der Waals surface area (Å²) in [7, 11) is 0. The first-order valence-electron chi connectivity index (χ1n) is 8.06. The number of pyridine rings is 2. The van der Waals surface area contributed by atoms with E-state index in [1.807, 2.05) is 30.5 Å². The molecule has 0 radical (unpaired) electrons. The van der Waals surface area contributed by atoms with Crippen molar-refractivity contribution in [3.8, 4) is 11.1 Å². The van der Waals surface area contributed by atoms with Crippen molar-refractivity contribution in [3.63, 3.8) is 0 Å². The molecule has 6 nitrogen and oxygen atoms in total. The molecule has 1 aromatic carbocycles. The third kappa shape index (κ3) is 2.82. The quantitative estimate of drug-likeness (QED) is 0.537. The highest BCUT2D eigenvalue weighted by Crippen LogP contribution is 2.28. The smallest absolute Gasteiger partial charge is 0.327 e. The fourth-order valence-corrected chi connectivity index (χ4v) is 2.90. The zero-order chi connectivity index (χ0) is 17.2. The van der Waals surface area contributed by atoms with Gasteiger partial charge >= 0.3 is 5.97 Å². The average Bonchev–Trinajstić information content (AvgIpc) is 3.05. The lowest BCUT2D eigenvalue weighted by atomic mass is 10.0. The summed E-state index contributed by atoms with van der Waals surface area (Å²) in [6, 6.07) is 10.0. The van der Waals surface area contributed by atoms with Crippen LogP contribution in [0.1, 0.15) is 6.92 Å². The monoisotopic (exact) mass is 332 g/mol. The maximum Gasteiger partial charge on any atom is 0.327 e. The van der Waals surface area contributed by atoms with Gasteiger partial charge in [-0.15, -0.1) is 0 Å². The molecule has 0 saturated heterocycles. The summed E-state index contributed by atoms with van der Waals surface area (Å²) < 4.78 is 6.62. The Morgan fingerprint density at radius 1 is 1.12 bits per heavy atom. The predicted octanol–water partition coefficient (Wildman–Crippen LogP) is 3.21. The Morgan fingerprint density at radius 2 is 2.04 bits per heavy atom. The molecule has 0 spiro atoms. The molecule has 0 aliphatic rings. The van der Waals surface area contributed by atoms with Gasteiger partial charge in [-0.3, -0.25) is 19.4 Å². The first-order valence-corrected chi connectivity index (χ1v) is 8.06. The van der Waals surface area contributed by atoms with Crippen molar-refractivity contribution in [1.29, 1.82) is 0 Å². The Bertz CT molecular complexity index is 1060. The van der Waals surface area contributed by atoms with Crippen molar-refractivity contribution < 1.29 is 9.53 Å². The minimum absolute atomic E-state index is 0.0762. The van der Waals surface area contributed by atoms with Crippen molar-refractivity contribution in [2.45, 2.75) is 13.5 Å². The summed E-state index contributed by atoms with van der Waals surface area (Å²) >= 11 is 0. The van der Waals surface area contributed by atoms with Gasteiger partial charge in [-0.1, -0.05) is 12.1 Å². The number of carbonyl (C=O) groups excluding carboxylic acids is 1. The van der Waals surface area contributed by atoms with Gasteiger partial charge < -0.3 is 4.74 Å². The first kappa shape index (κ1) is 15.3. The molecular weight excluding hydrogens is 316 g/mol. The summed E-state index contributed by atoms with van der Waals surface area (Å²) in [5.74, 6) is -0.309. The van der Waals surface area contributed by atoms with Crippen LogP contribution in [0.2, 0.25) is 0 Å². The van der Waals surface area contributed by atoms with Crippen LogP contribution in [0.4, 0.5) is 0 Å². The summed E-state index contributed by atoms with van der Waals surface area (Å²) in [6.45, 7) is 2.22.